The van der Waals surface area contributed by atoms with Crippen LogP contribution in [-0.2, 0) is 16.7 Å². The predicted octanol–water partition coefficient (Wildman–Crippen LogP) is 2.71. The van der Waals surface area contributed by atoms with Gasteiger partial charge in [0.25, 0.3) is 0 Å². The van der Waals surface area contributed by atoms with Gasteiger partial charge in [0.1, 0.15) is 12.3 Å². The third kappa shape index (κ3) is 6.59. The molecule has 2 aliphatic rings. The minimum Gasteiger partial charge on any atom is -0.443 e. The largest absolute Gasteiger partial charge is 0.443 e. The Bertz CT molecular complexity index is 622. The molecule has 0 aliphatic carbocycles. The Morgan fingerprint density at radius 1 is 1.29 bits per heavy atom. The molecule has 160 valence electrons. The number of morpholine rings is 1. The molecule has 1 aromatic heterocycles. The van der Waals surface area contributed by atoms with E-state index >= 15 is 0 Å². The van der Waals surface area contributed by atoms with E-state index in [9.17, 15) is 0 Å². The first-order valence-corrected chi connectivity index (χ1v) is 10.2. The van der Waals surface area contributed by atoms with Gasteiger partial charge in [-0.2, -0.15) is 0 Å². The van der Waals surface area contributed by atoms with Crippen LogP contribution in [0.3, 0.4) is 0 Å². The van der Waals surface area contributed by atoms with E-state index in [1.54, 1.807) is 0 Å². The fraction of sp³-hybridized carbons (Fsp3) is 0.800. The van der Waals surface area contributed by atoms with Crippen molar-refractivity contribution in [2.75, 3.05) is 52.5 Å². The smallest absolute Gasteiger partial charge is 0.216 e. The SMILES string of the molecule is CCNC(=NCc1ncc(C(C)(C)C)o1)N1CCC(CN2CCOCC2)C1.I. The molecule has 1 atom stereocenters. The lowest BCUT2D eigenvalue weighted by Crippen LogP contribution is -2.42. The van der Waals surface area contributed by atoms with E-state index in [0.717, 1.165) is 64.2 Å². The summed E-state index contributed by atoms with van der Waals surface area (Å²) in [5.41, 5.74) is -0.0267. The summed E-state index contributed by atoms with van der Waals surface area (Å²) in [5.74, 6) is 3.25. The van der Waals surface area contributed by atoms with Crippen molar-refractivity contribution < 1.29 is 9.15 Å². The van der Waals surface area contributed by atoms with Crippen LogP contribution in [0.15, 0.2) is 15.6 Å². The van der Waals surface area contributed by atoms with Gasteiger partial charge in [-0.1, -0.05) is 20.8 Å². The van der Waals surface area contributed by atoms with Crippen molar-refractivity contribution in [3.63, 3.8) is 0 Å². The number of halogens is 1. The number of aliphatic imine (C=N–C) groups is 1. The van der Waals surface area contributed by atoms with Crippen molar-refractivity contribution in [3.05, 3.63) is 17.8 Å². The van der Waals surface area contributed by atoms with Crippen LogP contribution in [-0.4, -0.2) is 73.2 Å². The highest BCUT2D eigenvalue weighted by molar-refractivity contribution is 14.0. The van der Waals surface area contributed by atoms with Crippen LogP contribution in [0.25, 0.3) is 0 Å². The van der Waals surface area contributed by atoms with Crippen LogP contribution in [0.2, 0.25) is 0 Å². The number of likely N-dealkylation sites (tertiary alicyclic amines) is 1. The van der Waals surface area contributed by atoms with E-state index in [-0.39, 0.29) is 29.4 Å². The second-order valence-corrected chi connectivity index (χ2v) is 8.55. The zero-order valence-electron chi connectivity index (χ0n) is 17.7. The summed E-state index contributed by atoms with van der Waals surface area (Å²) in [7, 11) is 0. The first-order valence-electron chi connectivity index (χ1n) is 10.2. The maximum Gasteiger partial charge on any atom is 0.216 e. The van der Waals surface area contributed by atoms with Gasteiger partial charge in [-0.25, -0.2) is 9.98 Å². The Morgan fingerprint density at radius 2 is 2.04 bits per heavy atom. The molecule has 2 saturated heterocycles. The van der Waals surface area contributed by atoms with Crippen LogP contribution in [0.4, 0.5) is 0 Å². The third-order valence-corrected chi connectivity index (χ3v) is 5.20. The zero-order chi connectivity index (χ0) is 19.3. The van der Waals surface area contributed by atoms with Gasteiger partial charge in [-0.3, -0.25) is 4.90 Å². The van der Waals surface area contributed by atoms with Gasteiger partial charge in [-0.05, 0) is 19.3 Å². The van der Waals surface area contributed by atoms with Crippen molar-refractivity contribution >= 4 is 29.9 Å². The Morgan fingerprint density at radius 3 is 2.68 bits per heavy atom. The molecule has 8 heteroatoms. The van der Waals surface area contributed by atoms with Crippen LogP contribution in [0.5, 0.6) is 0 Å². The maximum atomic E-state index is 5.88. The molecule has 0 amide bonds. The molecule has 3 rings (SSSR count). The number of hydrogen-bond acceptors (Lipinski definition) is 5. The predicted molar refractivity (Wildman–Crippen MR) is 122 cm³/mol. The lowest BCUT2D eigenvalue weighted by Gasteiger charge is -2.29. The molecule has 0 radical (unpaired) electrons. The normalized spacial score (nSPS) is 21.6. The lowest BCUT2D eigenvalue weighted by molar-refractivity contribution is 0.0315. The Balaban J connectivity index is 0.00000280. The van der Waals surface area contributed by atoms with Crippen LogP contribution < -0.4 is 5.32 Å². The van der Waals surface area contributed by atoms with E-state index < -0.39 is 0 Å². The van der Waals surface area contributed by atoms with Crippen molar-refractivity contribution in [1.82, 2.24) is 20.1 Å². The number of aromatic nitrogens is 1. The summed E-state index contributed by atoms with van der Waals surface area (Å²) in [6.45, 7) is 17.0. The molecular formula is C20H36IN5O2. The van der Waals surface area contributed by atoms with E-state index in [1.807, 2.05) is 6.20 Å². The number of nitrogens with zero attached hydrogens (tertiary/aromatic N) is 4. The van der Waals surface area contributed by atoms with Gasteiger partial charge in [-0.15, -0.1) is 24.0 Å². The van der Waals surface area contributed by atoms with Gasteiger partial charge in [0.15, 0.2) is 5.96 Å². The van der Waals surface area contributed by atoms with E-state index in [0.29, 0.717) is 18.4 Å². The van der Waals surface area contributed by atoms with Crippen molar-refractivity contribution in [2.45, 2.75) is 46.1 Å². The molecule has 0 spiro atoms. The standard InChI is InChI=1S/C20H35N5O2.HI/c1-5-21-19(23-13-18-22-12-17(27-18)20(2,3)4)25-7-6-16(15-25)14-24-8-10-26-11-9-24;/h12,16H,5-11,13-15H2,1-4H3,(H,21,23);1H. The van der Waals surface area contributed by atoms with E-state index in [1.165, 1.54) is 6.42 Å². The summed E-state index contributed by atoms with van der Waals surface area (Å²) in [6, 6.07) is 0. The number of oxazole rings is 1. The number of hydrogen-bond donors (Lipinski definition) is 1. The summed E-state index contributed by atoms with van der Waals surface area (Å²) in [6.07, 6.45) is 3.04. The molecule has 0 bridgehead atoms. The van der Waals surface area contributed by atoms with E-state index in [4.69, 9.17) is 14.1 Å². The monoisotopic (exact) mass is 505 g/mol. The van der Waals surface area contributed by atoms with Gasteiger partial charge in [0, 0.05) is 44.7 Å². The molecule has 2 aliphatic heterocycles. The average Bonchev–Trinajstić information content (AvgIpc) is 3.29. The first-order chi connectivity index (χ1) is 13.0. The fourth-order valence-electron chi connectivity index (χ4n) is 3.62. The Labute approximate surface area is 186 Å². The summed E-state index contributed by atoms with van der Waals surface area (Å²) < 4.78 is 11.3. The van der Waals surface area contributed by atoms with Crippen molar-refractivity contribution in [3.8, 4) is 0 Å². The zero-order valence-corrected chi connectivity index (χ0v) is 20.1. The maximum absolute atomic E-state index is 5.88. The number of rotatable bonds is 5. The van der Waals surface area contributed by atoms with E-state index in [2.05, 4.69) is 47.8 Å². The summed E-state index contributed by atoms with van der Waals surface area (Å²) >= 11 is 0. The first kappa shape index (κ1) is 23.4. The molecule has 2 fully saturated rings. The Hall–Kier alpha value is -0.870. The summed E-state index contributed by atoms with van der Waals surface area (Å²) in [4.78, 5) is 14.1. The molecule has 7 nitrogen and oxygen atoms in total. The molecule has 3 heterocycles. The second kappa shape index (κ2) is 10.8. The Kier molecular flexibility index (Phi) is 9.01. The minimum atomic E-state index is -0.0267. The van der Waals surface area contributed by atoms with Gasteiger partial charge in [0.05, 0.1) is 19.4 Å². The minimum absolute atomic E-state index is 0. The highest BCUT2D eigenvalue weighted by Gasteiger charge is 2.27. The highest BCUT2D eigenvalue weighted by Crippen LogP contribution is 2.23. The molecule has 1 aromatic rings. The quantitative estimate of drug-likeness (QED) is 0.377. The van der Waals surface area contributed by atoms with Crippen molar-refractivity contribution in [1.29, 1.82) is 0 Å². The lowest BCUT2D eigenvalue weighted by atomic mass is 9.94. The van der Waals surface area contributed by atoms with Gasteiger partial charge >= 0.3 is 0 Å². The topological polar surface area (TPSA) is 66.1 Å². The van der Waals surface area contributed by atoms with Crippen LogP contribution >= 0.6 is 24.0 Å². The van der Waals surface area contributed by atoms with Crippen LogP contribution in [0, 0.1) is 5.92 Å². The molecule has 1 unspecified atom stereocenters. The highest BCUT2D eigenvalue weighted by atomic mass is 127. The second-order valence-electron chi connectivity index (χ2n) is 8.55. The number of ether oxygens (including phenoxy) is 1. The number of guanidine groups is 1. The molecule has 1 N–H and O–H groups in total. The number of nitrogens with one attached hydrogen (secondary N) is 1. The van der Waals surface area contributed by atoms with Crippen molar-refractivity contribution in [2.24, 2.45) is 10.9 Å². The average molecular weight is 505 g/mol. The fourth-order valence-corrected chi connectivity index (χ4v) is 3.62. The molecule has 0 saturated carbocycles. The summed E-state index contributed by atoms with van der Waals surface area (Å²) in [5, 5.41) is 3.43. The third-order valence-electron chi connectivity index (χ3n) is 5.20. The van der Waals surface area contributed by atoms with Gasteiger partial charge < -0.3 is 19.4 Å². The van der Waals surface area contributed by atoms with Crippen LogP contribution in [0.1, 0.15) is 45.8 Å². The molecule has 0 aromatic carbocycles. The molecular weight excluding hydrogens is 469 g/mol. The molecule has 28 heavy (non-hydrogen) atoms. The van der Waals surface area contributed by atoms with Gasteiger partial charge in [0.2, 0.25) is 5.89 Å².